The van der Waals surface area contributed by atoms with E-state index >= 15 is 0 Å². The monoisotopic (exact) mass is 508 g/mol. The summed E-state index contributed by atoms with van der Waals surface area (Å²) in [6.07, 6.45) is 7.34. The first-order valence-electron chi connectivity index (χ1n) is 3.82. The second-order valence-corrected chi connectivity index (χ2v) is 36.2. The Morgan fingerprint density at radius 1 is 1.00 bits per heavy atom. The van der Waals surface area contributed by atoms with Crippen LogP contribution in [0, 0.1) is 0 Å². The van der Waals surface area contributed by atoms with Gasteiger partial charge < -0.3 is 4.43 Å². The molecule has 0 aliphatic heterocycles. The predicted molar refractivity (Wildman–Crippen MR) is 75.8 cm³/mol. The van der Waals surface area contributed by atoms with Gasteiger partial charge in [0.1, 0.15) is 0 Å². The lowest BCUT2D eigenvalue weighted by atomic mass is 9.98. The van der Waals surface area contributed by atoms with Gasteiger partial charge in [-0.25, -0.2) is 0 Å². The van der Waals surface area contributed by atoms with E-state index in [-0.39, 0.29) is 0 Å². The lowest BCUT2D eigenvalue weighted by Crippen LogP contribution is -2.25. The highest BCUT2D eigenvalue weighted by Gasteiger charge is 2.28. The summed E-state index contributed by atoms with van der Waals surface area (Å²) in [4.78, 5) is 0. The van der Waals surface area contributed by atoms with Crippen LogP contribution < -0.4 is 0 Å². The van der Waals surface area contributed by atoms with Gasteiger partial charge in [0.05, 0.1) is 0 Å². The molecule has 0 bridgehead atoms. The normalized spacial score (nSPS) is 22.1. The molecule has 0 amide bonds. The SMILES string of the molecule is I[Si](I)(I)OC1CCCCC1. The van der Waals surface area contributed by atoms with E-state index in [1.54, 1.807) is 0 Å². The summed E-state index contributed by atoms with van der Waals surface area (Å²) in [6, 6.07) is 0. The van der Waals surface area contributed by atoms with Gasteiger partial charge in [-0.15, -0.1) is 0 Å². The van der Waals surface area contributed by atoms with E-state index in [0.29, 0.717) is 6.10 Å². The molecule has 1 rings (SSSR count). The van der Waals surface area contributed by atoms with Crippen LogP contribution in [0.4, 0.5) is 0 Å². The van der Waals surface area contributed by atoms with E-state index in [2.05, 4.69) is 65.4 Å². The van der Waals surface area contributed by atoms with Crippen molar-refractivity contribution in [3.05, 3.63) is 0 Å². The zero-order valence-electron chi connectivity index (χ0n) is 6.16. The maximum Gasteiger partial charge on any atom is 0.392 e. The molecule has 1 nitrogen and oxygen atoms in total. The molecule has 0 unspecified atom stereocenters. The second-order valence-electron chi connectivity index (χ2n) is 2.82. The Kier molecular flexibility index (Phi) is 5.51. The van der Waals surface area contributed by atoms with Crippen molar-refractivity contribution in [1.82, 2.24) is 0 Å². The highest BCUT2D eigenvalue weighted by atomic mass is 127. The zero-order valence-corrected chi connectivity index (χ0v) is 13.6. The summed E-state index contributed by atoms with van der Waals surface area (Å²) in [5.41, 5.74) is 0. The van der Waals surface area contributed by atoms with Crippen LogP contribution in [-0.2, 0) is 4.43 Å². The first kappa shape index (κ1) is 11.4. The van der Waals surface area contributed by atoms with Crippen molar-refractivity contribution in [1.29, 1.82) is 0 Å². The van der Waals surface area contributed by atoms with Gasteiger partial charge in [0.15, 0.2) is 0 Å². The Morgan fingerprint density at radius 2 is 1.55 bits per heavy atom. The van der Waals surface area contributed by atoms with Crippen LogP contribution in [0.2, 0.25) is 0 Å². The van der Waals surface area contributed by atoms with Gasteiger partial charge in [-0.3, -0.25) is 0 Å². The number of rotatable bonds is 2. The van der Waals surface area contributed by atoms with Gasteiger partial charge in [0.25, 0.3) is 0 Å². The second kappa shape index (κ2) is 5.30. The molecular weight excluding hydrogens is 497 g/mol. The summed E-state index contributed by atoms with van der Waals surface area (Å²) in [5, 5.41) is 0. The third-order valence-electron chi connectivity index (χ3n) is 1.85. The van der Waals surface area contributed by atoms with E-state index in [9.17, 15) is 0 Å². The van der Waals surface area contributed by atoms with Crippen LogP contribution in [0.15, 0.2) is 0 Å². The average molecular weight is 508 g/mol. The van der Waals surface area contributed by atoms with Gasteiger partial charge in [-0.2, -0.15) is 0 Å². The smallest absolute Gasteiger partial charge is 0.390 e. The molecular formula is C6H11I3OSi. The minimum absolute atomic E-state index is 0.584. The highest BCUT2D eigenvalue weighted by Crippen LogP contribution is 2.35. The predicted octanol–water partition coefficient (Wildman–Crippen LogP) is 4.08. The quantitative estimate of drug-likeness (QED) is 0.311. The maximum absolute atomic E-state index is 5.98. The zero-order chi connectivity index (χ0) is 8.32. The number of hydrogen-bond donors (Lipinski definition) is 0. The molecule has 1 saturated carbocycles. The molecule has 5 heteroatoms. The molecule has 11 heavy (non-hydrogen) atoms. The van der Waals surface area contributed by atoms with Gasteiger partial charge in [0, 0.05) is 6.10 Å². The van der Waals surface area contributed by atoms with Crippen LogP contribution in [-0.4, -0.2) is 6.91 Å². The summed E-state index contributed by atoms with van der Waals surface area (Å²) >= 11 is 7.41. The lowest BCUT2D eigenvalue weighted by molar-refractivity contribution is 0.166. The largest absolute Gasteiger partial charge is 0.392 e. The average Bonchev–Trinajstić information content (AvgIpc) is 1.85. The minimum atomic E-state index is -1.33. The first-order valence-corrected chi connectivity index (χ1v) is 15.1. The van der Waals surface area contributed by atoms with Crippen molar-refractivity contribution in [3.63, 3.8) is 0 Å². The molecule has 1 aliphatic rings. The molecule has 0 spiro atoms. The molecule has 0 heterocycles. The maximum atomic E-state index is 5.98. The van der Waals surface area contributed by atoms with Crippen LogP contribution in [0.5, 0.6) is 0 Å². The number of hydrogen-bond acceptors (Lipinski definition) is 1. The van der Waals surface area contributed by atoms with Crippen LogP contribution in [0.25, 0.3) is 0 Å². The fourth-order valence-corrected chi connectivity index (χ4v) is 5.22. The molecule has 0 N–H and O–H groups in total. The summed E-state index contributed by atoms with van der Waals surface area (Å²) < 4.78 is 4.64. The van der Waals surface area contributed by atoms with Crippen molar-refractivity contribution in [2.45, 2.75) is 38.2 Å². The van der Waals surface area contributed by atoms with Crippen molar-refractivity contribution in [2.24, 2.45) is 0 Å². The van der Waals surface area contributed by atoms with Gasteiger partial charge in [-0.05, 0) is 12.8 Å². The molecule has 0 radical (unpaired) electrons. The van der Waals surface area contributed by atoms with Crippen LogP contribution >= 0.6 is 65.4 Å². The van der Waals surface area contributed by atoms with E-state index in [1.807, 2.05) is 0 Å². The third-order valence-corrected chi connectivity index (χ3v) is 4.74. The summed E-state index contributed by atoms with van der Waals surface area (Å²) in [6.45, 7) is 0. The van der Waals surface area contributed by atoms with E-state index in [1.165, 1.54) is 32.1 Å². The summed E-state index contributed by atoms with van der Waals surface area (Å²) in [7, 11) is 0. The topological polar surface area (TPSA) is 9.23 Å². The molecule has 66 valence electrons. The Balaban J connectivity index is 2.24. The molecule has 1 fully saturated rings. The van der Waals surface area contributed by atoms with Crippen molar-refractivity contribution in [3.8, 4) is 0 Å². The van der Waals surface area contributed by atoms with Gasteiger partial charge >= 0.3 is 0.807 Å². The molecule has 0 atom stereocenters. The fourth-order valence-electron chi connectivity index (χ4n) is 1.37. The number of halogens is 3. The molecule has 0 saturated heterocycles. The summed E-state index contributed by atoms with van der Waals surface area (Å²) in [5.74, 6) is 0. The van der Waals surface area contributed by atoms with Gasteiger partial charge in [0.2, 0.25) is 0 Å². The molecule has 1 aliphatic carbocycles. The van der Waals surface area contributed by atoms with Gasteiger partial charge in [-0.1, -0.05) is 84.7 Å². The van der Waals surface area contributed by atoms with Crippen molar-refractivity contribution >= 4 is 66.2 Å². The van der Waals surface area contributed by atoms with E-state index in [0.717, 1.165) is 0 Å². The molecule has 0 aromatic carbocycles. The van der Waals surface area contributed by atoms with Crippen LogP contribution in [0.1, 0.15) is 32.1 Å². The van der Waals surface area contributed by atoms with Crippen molar-refractivity contribution < 1.29 is 4.43 Å². The Hall–Kier alpha value is 2.37. The highest BCUT2D eigenvalue weighted by molar-refractivity contribution is 14.4. The Bertz CT molecular complexity index is 119. The van der Waals surface area contributed by atoms with E-state index < -0.39 is 0.807 Å². The molecule has 0 aromatic rings. The van der Waals surface area contributed by atoms with Crippen molar-refractivity contribution in [2.75, 3.05) is 0 Å². The Morgan fingerprint density at radius 3 is 2.00 bits per heavy atom. The van der Waals surface area contributed by atoms with Crippen LogP contribution in [0.3, 0.4) is 0 Å². The third kappa shape index (κ3) is 5.63. The Labute approximate surface area is 107 Å². The lowest BCUT2D eigenvalue weighted by Gasteiger charge is -2.25. The van der Waals surface area contributed by atoms with E-state index in [4.69, 9.17) is 4.43 Å². The minimum Gasteiger partial charge on any atom is -0.390 e. The fraction of sp³-hybridized carbons (Fsp3) is 1.00. The molecule has 0 aromatic heterocycles. The first-order chi connectivity index (χ1) is 5.08. The standard InChI is InChI=1S/C6H11I3OSi/c7-11(8,9)10-6-4-2-1-3-5-6/h6H,1-5H2.